The number of rotatable bonds is 6. The third kappa shape index (κ3) is 6.21. The van der Waals surface area contributed by atoms with Gasteiger partial charge in [0.15, 0.2) is 0 Å². The summed E-state index contributed by atoms with van der Waals surface area (Å²) in [5.41, 5.74) is 6.36. The highest BCUT2D eigenvalue weighted by molar-refractivity contribution is 5.89. The van der Waals surface area contributed by atoms with E-state index in [2.05, 4.69) is 22.1 Å². The zero-order valence-electron chi connectivity index (χ0n) is 20.6. The molecule has 10 heteroatoms. The average molecular weight is 470 g/mol. The van der Waals surface area contributed by atoms with Crippen molar-refractivity contribution in [2.45, 2.75) is 38.8 Å². The van der Waals surface area contributed by atoms with Gasteiger partial charge < -0.3 is 20.4 Å². The first kappa shape index (κ1) is 25.4. The Bertz CT molecular complexity index is 1070. The summed E-state index contributed by atoms with van der Waals surface area (Å²) < 4.78 is 1.44. The number of hydrogen-bond acceptors (Lipinski definition) is 6. The summed E-state index contributed by atoms with van der Waals surface area (Å²) in [5, 5.41) is 2.68. The number of likely N-dealkylation sites (N-methyl/N-ethyl adjacent to an activating group) is 1. The van der Waals surface area contributed by atoms with Crippen LogP contribution in [0.1, 0.15) is 26.3 Å². The molecule has 0 saturated carbocycles. The predicted molar refractivity (Wildman–Crippen MR) is 132 cm³/mol. The monoisotopic (exact) mass is 469 g/mol. The number of benzene rings is 1. The summed E-state index contributed by atoms with van der Waals surface area (Å²) in [6, 6.07) is 9.45. The lowest BCUT2D eigenvalue weighted by Gasteiger charge is -2.37. The van der Waals surface area contributed by atoms with Crippen LogP contribution in [0.3, 0.4) is 0 Å². The first-order chi connectivity index (χ1) is 16.0. The Kier molecular flexibility index (Phi) is 7.73. The van der Waals surface area contributed by atoms with Crippen LogP contribution in [0.15, 0.2) is 41.3 Å². The lowest BCUT2D eigenvalue weighted by Crippen LogP contribution is -2.58. The molecule has 184 valence electrons. The van der Waals surface area contributed by atoms with Gasteiger partial charge in [0.25, 0.3) is 0 Å². The topological polar surface area (TPSA) is 117 Å². The minimum atomic E-state index is -0.941. The zero-order chi connectivity index (χ0) is 25.0. The van der Waals surface area contributed by atoms with Crippen LogP contribution in [0.4, 0.5) is 10.6 Å². The van der Waals surface area contributed by atoms with Gasteiger partial charge in [-0.1, -0.05) is 12.1 Å². The number of aromatic nitrogens is 2. The molecule has 1 aliphatic heterocycles. The summed E-state index contributed by atoms with van der Waals surface area (Å²) in [5.74, 6) is 0.0438. The fourth-order valence-electron chi connectivity index (χ4n) is 3.69. The Morgan fingerprint density at radius 2 is 1.68 bits per heavy atom. The van der Waals surface area contributed by atoms with Gasteiger partial charge in [-0.25, -0.2) is 9.59 Å². The highest BCUT2D eigenvalue weighted by Gasteiger charge is 2.31. The normalized spacial score (nSPS) is 15.4. The van der Waals surface area contributed by atoms with Crippen molar-refractivity contribution in [3.05, 3.63) is 52.6 Å². The van der Waals surface area contributed by atoms with Crippen LogP contribution in [0.25, 0.3) is 5.69 Å². The van der Waals surface area contributed by atoms with Gasteiger partial charge in [-0.15, -0.1) is 0 Å². The number of urea groups is 1. The minimum absolute atomic E-state index is 0.141. The van der Waals surface area contributed by atoms with Crippen LogP contribution in [0.2, 0.25) is 0 Å². The molecule has 10 nitrogen and oxygen atoms in total. The van der Waals surface area contributed by atoms with E-state index >= 15 is 0 Å². The molecular formula is C24H35N7O3. The van der Waals surface area contributed by atoms with Crippen LogP contribution in [-0.2, 0) is 11.2 Å². The second-order valence-electron chi connectivity index (χ2n) is 9.58. The van der Waals surface area contributed by atoms with Crippen LogP contribution in [-0.4, -0.2) is 88.0 Å². The Morgan fingerprint density at radius 3 is 2.21 bits per heavy atom. The molecule has 0 spiro atoms. The summed E-state index contributed by atoms with van der Waals surface area (Å²) in [7, 11) is 4.10. The van der Waals surface area contributed by atoms with Crippen molar-refractivity contribution in [1.29, 1.82) is 0 Å². The summed E-state index contributed by atoms with van der Waals surface area (Å²) in [4.78, 5) is 46.9. The zero-order valence-corrected chi connectivity index (χ0v) is 20.6. The maximum absolute atomic E-state index is 12.6. The second-order valence-corrected chi connectivity index (χ2v) is 9.58. The van der Waals surface area contributed by atoms with E-state index in [0.29, 0.717) is 37.9 Å². The quantitative estimate of drug-likeness (QED) is 0.655. The first-order valence-corrected chi connectivity index (χ1v) is 11.5. The summed E-state index contributed by atoms with van der Waals surface area (Å²) >= 11 is 0. The smallest absolute Gasteiger partial charge is 0.338 e. The molecule has 1 aliphatic rings. The molecule has 34 heavy (non-hydrogen) atoms. The van der Waals surface area contributed by atoms with Gasteiger partial charge in [-0.2, -0.15) is 4.98 Å². The SMILES string of the molecule is CC(Cc1ccc(-n2ccc(NC(=O)N3CCN(C(=O)C(C)(C)N)CC3)nc2=O)cc1)N(C)C. The highest BCUT2D eigenvalue weighted by atomic mass is 16.2. The minimum Gasteiger partial charge on any atom is -0.338 e. The molecule has 3 rings (SSSR count). The number of piperazine rings is 1. The molecule has 1 atom stereocenters. The summed E-state index contributed by atoms with van der Waals surface area (Å²) in [6.45, 7) is 7.07. The van der Waals surface area contributed by atoms with E-state index in [1.165, 1.54) is 10.1 Å². The third-order valence-electron chi connectivity index (χ3n) is 6.07. The van der Waals surface area contributed by atoms with E-state index in [1.807, 2.05) is 38.4 Å². The van der Waals surface area contributed by atoms with Gasteiger partial charge in [0, 0.05) is 38.4 Å². The molecule has 2 aromatic rings. The Balaban J connectivity index is 1.60. The molecule has 1 saturated heterocycles. The van der Waals surface area contributed by atoms with Crippen molar-refractivity contribution >= 4 is 17.8 Å². The van der Waals surface area contributed by atoms with Crippen molar-refractivity contribution in [2.75, 3.05) is 45.6 Å². The molecule has 0 bridgehead atoms. The predicted octanol–water partition coefficient (Wildman–Crippen LogP) is 1.14. The lowest BCUT2D eigenvalue weighted by atomic mass is 10.1. The van der Waals surface area contributed by atoms with Crippen LogP contribution >= 0.6 is 0 Å². The number of nitrogens with zero attached hydrogens (tertiary/aromatic N) is 5. The van der Waals surface area contributed by atoms with E-state index in [9.17, 15) is 14.4 Å². The lowest BCUT2D eigenvalue weighted by molar-refractivity contribution is -0.137. The number of nitrogens with two attached hydrogens (primary N) is 1. The van der Waals surface area contributed by atoms with Gasteiger partial charge in [0.05, 0.1) is 11.2 Å². The maximum atomic E-state index is 12.6. The molecule has 1 unspecified atom stereocenters. The highest BCUT2D eigenvalue weighted by Crippen LogP contribution is 2.13. The number of anilines is 1. The van der Waals surface area contributed by atoms with Crippen LogP contribution in [0.5, 0.6) is 0 Å². The molecule has 3 N–H and O–H groups in total. The number of carbonyl (C=O) groups excluding carboxylic acids is 2. The molecule has 1 fully saturated rings. The van der Waals surface area contributed by atoms with Crippen molar-refractivity contribution in [3.8, 4) is 5.69 Å². The fraction of sp³-hybridized carbons (Fsp3) is 0.500. The second kappa shape index (κ2) is 10.4. The Morgan fingerprint density at radius 1 is 1.09 bits per heavy atom. The van der Waals surface area contributed by atoms with Crippen molar-refractivity contribution in [3.63, 3.8) is 0 Å². The average Bonchev–Trinajstić information content (AvgIpc) is 2.78. The maximum Gasteiger partial charge on any atom is 0.354 e. The van der Waals surface area contributed by atoms with Gasteiger partial charge in [0.1, 0.15) is 5.82 Å². The van der Waals surface area contributed by atoms with Crippen LogP contribution in [0, 0.1) is 0 Å². The molecule has 0 aliphatic carbocycles. The molecular weight excluding hydrogens is 434 g/mol. The van der Waals surface area contributed by atoms with E-state index in [0.717, 1.165) is 6.42 Å². The molecule has 3 amide bonds. The van der Waals surface area contributed by atoms with Crippen LogP contribution < -0.4 is 16.7 Å². The number of carbonyl (C=O) groups is 2. The number of nitrogens with one attached hydrogen (secondary N) is 1. The van der Waals surface area contributed by atoms with Gasteiger partial charge in [-0.3, -0.25) is 14.7 Å². The van der Waals surface area contributed by atoms with E-state index in [1.54, 1.807) is 35.9 Å². The van der Waals surface area contributed by atoms with Gasteiger partial charge in [0.2, 0.25) is 5.91 Å². The van der Waals surface area contributed by atoms with E-state index < -0.39 is 11.2 Å². The van der Waals surface area contributed by atoms with Gasteiger partial charge >= 0.3 is 11.7 Å². The first-order valence-electron chi connectivity index (χ1n) is 11.5. The molecule has 1 aromatic heterocycles. The largest absolute Gasteiger partial charge is 0.354 e. The third-order valence-corrected chi connectivity index (χ3v) is 6.07. The summed E-state index contributed by atoms with van der Waals surface area (Å²) in [6.07, 6.45) is 2.51. The molecule has 1 aromatic carbocycles. The van der Waals surface area contributed by atoms with Crippen molar-refractivity contribution < 1.29 is 9.59 Å². The Hall–Kier alpha value is -3.24. The molecule has 0 radical (unpaired) electrons. The standard InChI is InChI=1S/C24H35N7O3/c1-17(28(4)5)16-18-6-8-19(9-7-18)31-11-10-20(27-23(31)34)26-22(33)30-14-12-29(13-15-30)21(32)24(2,3)25/h6-11,17H,12-16,25H2,1-5H3,(H,26,27,33,34). The molecule has 2 heterocycles. The van der Waals surface area contributed by atoms with Crippen molar-refractivity contribution in [2.24, 2.45) is 5.73 Å². The van der Waals surface area contributed by atoms with E-state index in [-0.39, 0.29) is 17.8 Å². The van der Waals surface area contributed by atoms with E-state index in [4.69, 9.17) is 5.73 Å². The fourth-order valence-corrected chi connectivity index (χ4v) is 3.69. The number of hydrogen-bond donors (Lipinski definition) is 2. The Labute approximate surface area is 200 Å². The van der Waals surface area contributed by atoms with Gasteiger partial charge in [-0.05, 0) is 65.0 Å². The number of amides is 3. The van der Waals surface area contributed by atoms with Crippen molar-refractivity contribution in [1.82, 2.24) is 24.3 Å².